The highest BCUT2D eigenvalue weighted by molar-refractivity contribution is 7.10. The number of thiophene rings is 1. The Labute approximate surface area is 106 Å². The van der Waals surface area contributed by atoms with E-state index in [0.29, 0.717) is 0 Å². The second kappa shape index (κ2) is 5.00. The first-order valence-electron chi connectivity index (χ1n) is 5.70. The zero-order valence-electron chi connectivity index (χ0n) is 10.4. The van der Waals surface area contributed by atoms with Crippen LogP contribution in [0, 0.1) is 20.8 Å². The summed E-state index contributed by atoms with van der Waals surface area (Å²) in [4.78, 5) is 1.29. The first-order valence-corrected chi connectivity index (χ1v) is 6.58. The maximum atomic E-state index is 5.73. The molecule has 0 amide bonds. The van der Waals surface area contributed by atoms with Crippen molar-refractivity contribution in [2.24, 2.45) is 5.84 Å². The minimum atomic E-state index is 0.0931. The molecule has 1 unspecified atom stereocenters. The van der Waals surface area contributed by atoms with Crippen LogP contribution < -0.4 is 11.3 Å². The lowest BCUT2D eigenvalue weighted by Gasteiger charge is -2.18. The highest BCUT2D eigenvalue weighted by atomic mass is 32.1. The third-order valence-corrected chi connectivity index (χ3v) is 4.15. The molecule has 0 aliphatic rings. The number of hydrogen-bond donors (Lipinski definition) is 2. The van der Waals surface area contributed by atoms with Crippen LogP contribution in [0.15, 0.2) is 29.6 Å². The molecule has 3 N–H and O–H groups in total. The lowest BCUT2D eigenvalue weighted by Crippen LogP contribution is -2.29. The Kier molecular flexibility index (Phi) is 3.62. The molecule has 2 aromatic rings. The summed E-state index contributed by atoms with van der Waals surface area (Å²) in [6, 6.07) is 8.72. The number of benzene rings is 1. The van der Waals surface area contributed by atoms with Crippen LogP contribution in [0.4, 0.5) is 0 Å². The lowest BCUT2D eigenvalue weighted by atomic mass is 9.97. The van der Waals surface area contributed by atoms with Crippen molar-refractivity contribution in [3.8, 4) is 0 Å². The Morgan fingerprint density at radius 3 is 2.41 bits per heavy atom. The average Bonchev–Trinajstić information content (AvgIpc) is 2.69. The Bertz CT molecular complexity index is 517. The summed E-state index contributed by atoms with van der Waals surface area (Å²) in [5.74, 6) is 5.73. The molecule has 17 heavy (non-hydrogen) atoms. The van der Waals surface area contributed by atoms with Crippen molar-refractivity contribution in [2.75, 3.05) is 0 Å². The van der Waals surface area contributed by atoms with Gasteiger partial charge in [-0.3, -0.25) is 5.84 Å². The van der Waals surface area contributed by atoms with E-state index in [0.717, 1.165) is 0 Å². The van der Waals surface area contributed by atoms with E-state index in [2.05, 4.69) is 55.8 Å². The lowest BCUT2D eigenvalue weighted by molar-refractivity contribution is 0.640. The van der Waals surface area contributed by atoms with E-state index in [-0.39, 0.29) is 6.04 Å². The van der Waals surface area contributed by atoms with Crippen molar-refractivity contribution >= 4 is 11.3 Å². The minimum absolute atomic E-state index is 0.0931. The van der Waals surface area contributed by atoms with Gasteiger partial charge in [-0.2, -0.15) is 0 Å². The second-order valence-electron chi connectivity index (χ2n) is 4.43. The van der Waals surface area contributed by atoms with E-state index >= 15 is 0 Å². The molecule has 1 atom stereocenters. The van der Waals surface area contributed by atoms with Crippen molar-refractivity contribution in [1.82, 2.24) is 5.43 Å². The standard InChI is InChI=1S/C14H18N2S/c1-9-4-5-12(11(3)8-9)13(16-15)14-10(2)6-7-17-14/h4-8,13,16H,15H2,1-3H3. The van der Waals surface area contributed by atoms with Crippen molar-refractivity contribution in [3.05, 3.63) is 56.8 Å². The fourth-order valence-corrected chi connectivity index (χ4v) is 3.14. The molecule has 1 aromatic heterocycles. The topological polar surface area (TPSA) is 38.0 Å². The number of hydrazine groups is 1. The van der Waals surface area contributed by atoms with Crippen LogP contribution >= 0.6 is 11.3 Å². The minimum Gasteiger partial charge on any atom is -0.271 e. The largest absolute Gasteiger partial charge is 0.271 e. The fourth-order valence-electron chi connectivity index (χ4n) is 2.14. The molecule has 3 heteroatoms. The third kappa shape index (κ3) is 2.41. The quantitative estimate of drug-likeness (QED) is 0.644. The molecule has 0 radical (unpaired) electrons. The molecule has 0 fully saturated rings. The van der Waals surface area contributed by atoms with Gasteiger partial charge < -0.3 is 0 Å². The smallest absolute Gasteiger partial charge is 0.0807 e. The van der Waals surface area contributed by atoms with E-state index in [1.165, 1.54) is 27.1 Å². The maximum Gasteiger partial charge on any atom is 0.0807 e. The molecule has 0 bridgehead atoms. The van der Waals surface area contributed by atoms with E-state index in [1.807, 2.05) is 0 Å². The fraction of sp³-hybridized carbons (Fsp3) is 0.286. The zero-order chi connectivity index (χ0) is 12.4. The molecule has 2 nitrogen and oxygen atoms in total. The maximum absolute atomic E-state index is 5.73. The number of aryl methyl sites for hydroxylation is 3. The van der Waals surface area contributed by atoms with Gasteiger partial charge in [0.25, 0.3) is 0 Å². The highest BCUT2D eigenvalue weighted by Crippen LogP contribution is 2.30. The predicted octanol–water partition coefficient (Wildman–Crippen LogP) is 3.23. The van der Waals surface area contributed by atoms with Gasteiger partial charge in [0, 0.05) is 4.88 Å². The second-order valence-corrected chi connectivity index (χ2v) is 5.38. The van der Waals surface area contributed by atoms with Crippen molar-refractivity contribution < 1.29 is 0 Å². The van der Waals surface area contributed by atoms with E-state index in [4.69, 9.17) is 5.84 Å². The zero-order valence-corrected chi connectivity index (χ0v) is 11.3. The van der Waals surface area contributed by atoms with E-state index in [1.54, 1.807) is 11.3 Å². The number of nitrogens with two attached hydrogens (primary N) is 1. The molecule has 2 rings (SSSR count). The molecule has 0 aliphatic carbocycles. The number of rotatable bonds is 3. The normalized spacial score (nSPS) is 12.7. The van der Waals surface area contributed by atoms with Crippen LogP contribution in [0.5, 0.6) is 0 Å². The molecule has 1 heterocycles. The molecule has 1 aromatic carbocycles. The van der Waals surface area contributed by atoms with Gasteiger partial charge in [0.2, 0.25) is 0 Å². The first-order chi connectivity index (χ1) is 8.13. The molecule has 0 saturated carbocycles. The monoisotopic (exact) mass is 246 g/mol. The van der Waals surface area contributed by atoms with Crippen LogP contribution in [0.2, 0.25) is 0 Å². The van der Waals surface area contributed by atoms with Gasteiger partial charge in [0.05, 0.1) is 6.04 Å². The predicted molar refractivity (Wildman–Crippen MR) is 74.1 cm³/mol. The van der Waals surface area contributed by atoms with Gasteiger partial charge in [0.1, 0.15) is 0 Å². The summed E-state index contributed by atoms with van der Waals surface area (Å²) in [5, 5.41) is 2.11. The SMILES string of the molecule is Cc1ccc(C(NN)c2sccc2C)c(C)c1. The number of nitrogens with one attached hydrogen (secondary N) is 1. The van der Waals surface area contributed by atoms with Gasteiger partial charge in [-0.15, -0.1) is 11.3 Å². The van der Waals surface area contributed by atoms with Gasteiger partial charge in [-0.05, 0) is 48.9 Å². The van der Waals surface area contributed by atoms with E-state index in [9.17, 15) is 0 Å². The van der Waals surface area contributed by atoms with Crippen molar-refractivity contribution in [3.63, 3.8) is 0 Å². The third-order valence-electron chi connectivity index (χ3n) is 3.07. The van der Waals surface area contributed by atoms with Gasteiger partial charge in [-0.1, -0.05) is 23.8 Å². The summed E-state index contributed by atoms with van der Waals surface area (Å²) in [6.45, 7) is 6.37. The van der Waals surface area contributed by atoms with Crippen molar-refractivity contribution in [2.45, 2.75) is 26.8 Å². The highest BCUT2D eigenvalue weighted by Gasteiger charge is 2.17. The summed E-state index contributed by atoms with van der Waals surface area (Å²) >= 11 is 1.75. The van der Waals surface area contributed by atoms with Crippen LogP contribution in [-0.4, -0.2) is 0 Å². The Morgan fingerprint density at radius 2 is 1.88 bits per heavy atom. The summed E-state index contributed by atoms with van der Waals surface area (Å²) < 4.78 is 0. The summed E-state index contributed by atoms with van der Waals surface area (Å²) in [6.07, 6.45) is 0. The summed E-state index contributed by atoms with van der Waals surface area (Å²) in [5.41, 5.74) is 8.04. The van der Waals surface area contributed by atoms with Gasteiger partial charge in [0.15, 0.2) is 0 Å². The molecule has 0 aliphatic heterocycles. The summed E-state index contributed by atoms with van der Waals surface area (Å²) in [7, 11) is 0. The molecular formula is C14H18N2S. The van der Waals surface area contributed by atoms with Crippen LogP contribution in [0.3, 0.4) is 0 Å². The van der Waals surface area contributed by atoms with Crippen LogP contribution in [0.1, 0.15) is 33.2 Å². The molecule has 90 valence electrons. The Morgan fingerprint density at radius 1 is 1.12 bits per heavy atom. The Balaban J connectivity index is 2.46. The number of hydrogen-bond acceptors (Lipinski definition) is 3. The van der Waals surface area contributed by atoms with Gasteiger partial charge in [-0.25, -0.2) is 5.43 Å². The van der Waals surface area contributed by atoms with Crippen molar-refractivity contribution in [1.29, 1.82) is 0 Å². The van der Waals surface area contributed by atoms with Crippen LogP contribution in [0.25, 0.3) is 0 Å². The first kappa shape index (κ1) is 12.3. The van der Waals surface area contributed by atoms with Crippen LogP contribution in [-0.2, 0) is 0 Å². The molecule has 0 saturated heterocycles. The molecule has 0 spiro atoms. The average molecular weight is 246 g/mol. The molecular weight excluding hydrogens is 228 g/mol. The Hall–Kier alpha value is -1.16. The van der Waals surface area contributed by atoms with E-state index < -0.39 is 0 Å². The van der Waals surface area contributed by atoms with Gasteiger partial charge >= 0.3 is 0 Å².